The van der Waals surface area contributed by atoms with E-state index in [-0.39, 0.29) is 22.6 Å². The van der Waals surface area contributed by atoms with Crippen molar-refractivity contribution >= 4 is 17.3 Å². The summed E-state index contributed by atoms with van der Waals surface area (Å²) in [5.74, 6) is 0.107. The van der Waals surface area contributed by atoms with Gasteiger partial charge < -0.3 is 5.11 Å². The summed E-state index contributed by atoms with van der Waals surface area (Å²) < 4.78 is 0. The van der Waals surface area contributed by atoms with Crippen LogP contribution in [0.1, 0.15) is 31.2 Å². The zero-order chi connectivity index (χ0) is 13.1. The summed E-state index contributed by atoms with van der Waals surface area (Å²) in [6.07, 6.45) is 4.00. The Morgan fingerprint density at radius 1 is 1.39 bits per heavy atom. The molecule has 98 valence electrons. The van der Waals surface area contributed by atoms with Crippen molar-refractivity contribution in [1.82, 2.24) is 0 Å². The normalized spacial score (nSPS) is 23.9. The first-order valence-electron chi connectivity index (χ1n) is 6.19. The van der Waals surface area contributed by atoms with Gasteiger partial charge in [0, 0.05) is 16.7 Å². The molecule has 2 unspecified atom stereocenters. The largest absolute Gasteiger partial charge is 0.393 e. The van der Waals surface area contributed by atoms with Crippen LogP contribution < -0.4 is 0 Å². The Labute approximate surface area is 111 Å². The maximum absolute atomic E-state index is 11.0. The Hall–Kier alpha value is -1.13. The predicted molar refractivity (Wildman–Crippen MR) is 69.8 cm³/mol. The lowest BCUT2D eigenvalue weighted by molar-refractivity contribution is -0.385. The molecule has 0 aromatic heterocycles. The number of rotatable bonds is 3. The third kappa shape index (κ3) is 3.00. The second kappa shape index (κ2) is 5.67. The number of aliphatic hydroxyl groups is 1. The molecule has 0 aliphatic heterocycles. The van der Waals surface area contributed by atoms with Gasteiger partial charge >= 0.3 is 0 Å². The first-order valence-corrected chi connectivity index (χ1v) is 6.56. The Morgan fingerprint density at radius 2 is 2.11 bits per heavy atom. The quantitative estimate of drug-likeness (QED) is 0.676. The summed E-state index contributed by atoms with van der Waals surface area (Å²) in [4.78, 5) is 10.6. The Bertz CT molecular complexity index is 450. The SMILES string of the molecule is O=[N+]([O-])c1ccc(Cl)cc1CC1CCCCC1O. The Kier molecular flexibility index (Phi) is 4.19. The zero-order valence-corrected chi connectivity index (χ0v) is 10.8. The molecule has 18 heavy (non-hydrogen) atoms. The number of aliphatic hydroxyl groups excluding tert-OH is 1. The molecule has 0 heterocycles. The minimum absolute atomic E-state index is 0.0946. The van der Waals surface area contributed by atoms with E-state index in [9.17, 15) is 15.2 Å². The minimum atomic E-state index is -0.388. The molecule has 0 amide bonds. The van der Waals surface area contributed by atoms with Crippen LogP contribution in [0.4, 0.5) is 5.69 Å². The summed E-state index contributed by atoms with van der Waals surface area (Å²) >= 11 is 5.89. The monoisotopic (exact) mass is 269 g/mol. The molecule has 1 aliphatic rings. The van der Waals surface area contributed by atoms with Crippen LogP contribution in [-0.2, 0) is 6.42 Å². The molecule has 2 rings (SSSR count). The number of nitrogens with zero attached hydrogens (tertiary/aromatic N) is 1. The maximum Gasteiger partial charge on any atom is 0.272 e. The van der Waals surface area contributed by atoms with E-state index in [0.717, 1.165) is 25.7 Å². The van der Waals surface area contributed by atoms with Gasteiger partial charge in [-0.2, -0.15) is 0 Å². The van der Waals surface area contributed by atoms with Gasteiger partial charge in [-0.25, -0.2) is 0 Å². The molecular weight excluding hydrogens is 254 g/mol. The number of hydrogen-bond donors (Lipinski definition) is 1. The molecule has 1 aliphatic carbocycles. The third-order valence-electron chi connectivity index (χ3n) is 3.59. The van der Waals surface area contributed by atoms with E-state index in [2.05, 4.69) is 0 Å². The van der Waals surface area contributed by atoms with Crippen molar-refractivity contribution in [2.45, 2.75) is 38.2 Å². The lowest BCUT2D eigenvalue weighted by Crippen LogP contribution is -2.26. The van der Waals surface area contributed by atoms with Crippen LogP contribution in [0.25, 0.3) is 0 Å². The van der Waals surface area contributed by atoms with Crippen LogP contribution in [0.3, 0.4) is 0 Å². The fraction of sp³-hybridized carbons (Fsp3) is 0.538. The standard InChI is InChI=1S/C13H16ClNO3/c14-11-5-6-12(15(17)18)10(8-11)7-9-3-1-2-4-13(9)16/h5-6,8-9,13,16H,1-4,7H2. The highest BCUT2D eigenvalue weighted by atomic mass is 35.5. The van der Waals surface area contributed by atoms with E-state index in [1.54, 1.807) is 6.07 Å². The number of nitro benzene ring substituents is 1. The van der Waals surface area contributed by atoms with Gasteiger partial charge in [0.25, 0.3) is 5.69 Å². The van der Waals surface area contributed by atoms with Crippen molar-refractivity contribution in [2.75, 3.05) is 0 Å². The third-order valence-corrected chi connectivity index (χ3v) is 3.82. The van der Waals surface area contributed by atoms with E-state index in [1.165, 1.54) is 12.1 Å². The number of halogens is 1. The lowest BCUT2D eigenvalue weighted by atomic mass is 9.82. The van der Waals surface area contributed by atoms with Crippen molar-refractivity contribution in [3.8, 4) is 0 Å². The predicted octanol–water partition coefficient (Wildman–Crippen LogP) is 3.34. The smallest absolute Gasteiger partial charge is 0.272 e. The van der Waals surface area contributed by atoms with Gasteiger partial charge in [-0.1, -0.05) is 24.4 Å². The average Bonchev–Trinajstić information content (AvgIpc) is 2.32. The molecule has 0 saturated heterocycles. The van der Waals surface area contributed by atoms with E-state index in [0.29, 0.717) is 17.0 Å². The van der Waals surface area contributed by atoms with Gasteiger partial charge in [-0.15, -0.1) is 0 Å². The van der Waals surface area contributed by atoms with Crippen LogP contribution in [-0.4, -0.2) is 16.1 Å². The number of benzene rings is 1. The molecule has 1 saturated carbocycles. The highest BCUT2D eigenvalue weighted by Crippen LogP contribution is 2.31. The average molecular weight is 270 g/mol. The molecule has 0 bridgehead atoms. The summed E-state index contributed by atoms with van der Waals surface area (Å²) in [7, 11) is 0. The summed E-state index contributed by atoms with van der Waals surface area (Å²) in [5, 5.41) is 21.4. The molecule has 0 spiro atoms. The lowest BCUT2D eigenvalue weighted by Gasteiger charge is -2.27. The summed E-state index contributed by atoms with van der Waals surface area (Å²) in [6, 6.07) is 4.61. The second-order valence-corrected chi connectivity index (χ2v) is 5.28. The summed E-state index contributed by atoms with van der Waals surface area (Å²) in [6.45, 7) is 0. The molecule has 1 N–H and O–H groups in total. The molecule has 1 aromatic carbocycles. The van der Waals surface area contributed by atoms with E-state index in [4.69, 9.17) is 11.6 Å². The van der Waals surface area contributed by atoms with Crippen LogP contribution in [0.15, 0.2) is 18.2 Å². The van der Waals surface area contributed by atoms with Gasteiger partial charge in [0.05, 0.1) is 11.0 Å². The number of hydrogen-bond acceptors (Lipinski definition) is 3. The first-order chi connectivity index (χ1) is 8.58. The van der Waals surface area contributed by atoms with Gasteiger partial charge in [0.2, 0.25) is 0 Å². The van der Waals surface area contributed by atoms with Crippen LogP contribution in [0.2, 0.25) is 5.02 Å². The molecule has 1 fully saturated rings. The number of nitro groups is 1. The fourth-order valence-corrected chi connectivity index (χ4v) is 2.80. The van der Waals surface area contributed by atoms with E-state index < -0.39 is 0 Å². The second-order valence-electron chi connectivity index (χ2n) is 4.85. The Balaban J connectivity index is 2.21. The molecular formula is C13H16ClNO3. The van der Waals surface area contributed by atoms with Crippen molar-refractivity contribution < 1.29 is 10.0 Å². The molecule has 1 aromatic rings. The maximum atomic E-state index is 11.0. The summed E-state index contributed by atoms with van der Waals surface area (Å²) in [5.41, 5.74) is 0.718. The Morgan fingerprint density at radius 3 is 2.78 bits per heavy atom. The van der Waals surface area contributed by atoms with E-state index >= 15 is 0 Å². The van der Waals surface area contributed by atoms with Gasteiger partial charge in [0.15, 0.2) is 0 Å². The highest BCUT2D eigenvalue weighted by Gasteiger charge is 2.26. The van der Waals surface area contributed by atoms with Crippen molar-refractivity contribution in [3.63, 3.8) is 0 Å². The molecule has 0 radical (unpaired) electrons. The van der Waals surface area contributed by atoms with Crippen molar-refractivity contribution in [3.05, 3.63) is 38.9 Å². The van der Waals surface area contributed by atoms with E-state index in [1.807, 2.05) is 0 Å². The highest BCUT2D eigenvalue weighted by molar-refractivity contribution is 6.30. The first kappa shape index (κ1) is 13.3. The molecule has 5 heteroatoms. The van der Waals surface area contributed by atoms with Gasteiger partial charge in [-0.3, -0.25) is 10.1 Å². The zero-order valence-electron chi connectivity index (χ0n) is 10.0. The molecule has 4 nitrogen and oxygen atoms in total. The van der Waals surface area contributed by atoms with Crippen LogP contribution in [0.5, 0.6) is 0 Å². The van der Waals surface area contributed by atoms with Crippen LogP contribution in [0, 0.1) is 16.0 Å². The van der Waals surface area contributed by atoms with Crippen molar-refractivity contribution in [2.24, 2.45) is 5.92 Å². The van der Waals surface area contributed by atoms with Gasteiger partial charge in [0.1, 0.15) is 0 Å². The minimum Gasteiger partial charge on any atom is -0.393 e. The van der Waals surface area contributed by atoms with Crippen molar-refractivity contribution in [1.29, 1.82) is 0 Å². The topological polar surface area (TPSA) is 63.4 Å². The van der Waals surface area contributed by atoms with Gasteiger partial charge in [-0.05, 0) is 37.3 Å². The van der Waals surface area contributed by atoms with Crippen LogP contribution >= 0.6 is 11.6 Å². The molecule has 2 atom stereocenters. The fourth-order valence-electron chi connectivity index (χ4n) is 2.60.